The standard InChI is InChI=1S/C19H18FN3O3/c20-17-8-13(3-4-14(17)9-21)15-10-22-19(23-11-15)26-16-5-1-12(2-6-16)7-18(24)25/h3-4,8,10-12,16H,1-2,5-7H2,(H,24,25)/t12-,16+. The largest absolute Gasteiger partial charge is 0.481 e. The minimum atomic E-state index is -0.757. The molecule has 0 atom stereocenters. The number of ether oxygens (including phenoxy) is 1. The molecule has 0 amide bonds. The van der Waals surface area contributed by atoms with Gasteiger partial charge in [-0.15, -0.1) is 0 Å². The number of carboxylic acids is 1. The van der Waals surface area contributed by atoms with E-state index in [4.69, 9.17) is 15.1 Å². The number of hydrogen-bond donors (Lipinski definition) is 1. The van der Waals surface area contributed by atoms with E-state index in [0.717, 1.165) is 25.7 Å². The van der Waals surface area contributed by atoms with Crippen LogP contribution in [0.25, 0.3) is 11.1 Å². The van der Waals surface area contributed by atoms with Gasteiger partial charge in [-0.25, -0.2) is 14.4 Å². The zero-order valence-corrected chi connectivity index (χ0v) is 14.1. The van der Waals surface area contributed by atoms with E-state index in [9.17, 15) is 9.18 Å². The van der Waals surface area contributed by atoms with Crippen LogP contribution in [-0.2, 0) is 4.79 Å². The Kier molecular flexibility index (Phi) is 5.42. The molecule has 0 bridgehead atoms. The van der Waals surface area contributed by atoms with E-state index in [1.807, 2.05) is 0 Å². The molecule has 1 aromatic carbocycles. The first-order valence-corrected chi connectivity index (χ1v) is 8.45. The summed E-state index contributed by atoms with van der Waals surface area (Å²) >= 11 is 0. The van der Waals surface area contributed by atoms with Gasteiger partial charge in [0.25, 0.3) is 0 Å². The minimum absolute atomic E-state index is 0.00637. The van der Waals surface area contributed by atoms with Gasteiger partial charge in [0.15, 0.2) is 0 Å². The second-order valence-electron chi connectivity index (χ2n) is 6.42. The second kappa shape index (κ2) is 7.91. The topological polar surface area (TPSA) is 96.1 Å². The lowest BCUT2D eigenvalue weighted by atomic mass is 9.85. The SMILES string of the molecule is N#Cc1ccc(-c2cnc(O[C@H]3CC[C@@H](CC(=O)O)CC3)nc2)cc1F. The molecule has 26 heavy (non-hydrogen) atoms. The van der Waals surface area contributed by atoms with E-state index >= 15 is 0 Å². The molecule has 0 aliphatic heterocycles. The fourth-order valence-corrected chi connectivity index (χ4v) is 3.16. The molecule has 0 unspecified atom stereocenters. The molecule has 134 valence electrons. The molecule has 7 heteroatoms. The molecule has 1 heterocycles. The Hall–Kier alpha value is -3.01. The third-order valence-corrected chi connectivity index (χ3v) is 4.58. The number of aromatic nitrogens is 2. The number of nitriles is 1. The van der Waals surface area contributed by atoms with Crippen LogP contribution in [0.4, 0.5) is 4.39 Å². The molecule has 2 aromatic rings. The van der Waals surface area contributed by atoms with Crippen molar-refractivity contribution in [2.75, 3.05) is 0 Å². The van der Waals surface area contributed by atoms with Gasteiger partial charge >= 0.3 is 12.0 Å². The first kappa shape index (κ1) is 17.8. The van der Waals surface area contributed by atoms with Gasteiger partial charge in [0, 0.05) is 24.4 Å². The van der Waals surface area contributed by atoms with Crippen LogP contribution >= 0.6 is 0 Å². The third kappa shape index (κ3) is 4.33. The molecule has 1 aliphatic carbocycles. The van der Waals surface area contributed by atoms with E-state index in [-0.39, 0.29) is 30.0 Å². The Morgan fingerprint density at radius 2 is 1.92 bits per heavy atom. The zero-order valence-electron chi connectivity index (χ0n) is 14.1. The van der Waals surface area contributed by atoms with Gasteiger partial charge in [0.05, 0.1) is 5.56 Å². The number of nitrogens with zero attached hydrogens (tertiary/aromatic N) is 3. The highest BCUT2D eigenvalue weighted by Crippen LogP contribution is 2.29. The molecule has 1 fully saturated rings. The van der Waals surface area contributed by atoms with Crippen molar-refractivity contribution < 1.29 is 19.0 Å². The first-order chi connectivity index (χ1) is 12.5. The summed E-state index contributed by atoms with van der Waals surface area (Å²) in [6, 6.07) is 6.38. The molecule has 0 spiro atoms. The van der Waals surface area contributed by atoms with Crippen LogP contribution < -0.4 is 4.74 Å². The number of carbonyl (C=O) groups is 1. The Balaban J connectivity index is 1.59. The Morgan fingerprint density at radius 1 is 1.23 bits per heavy atom. The van der Waals surface area contributed by atoms with Crippen molar-refractivity contribution in [3.8, 4) is 23.2 Å². The molecule has 1 N–H and O–H groups in total. The second-order valence-corrected chi connectivity index (χ2v) is 6.42. The lowest BCUT2D eigenvalue weighted by Crippen LogP contribution is -2.25. The van der Waals surface area contributed by atoms with E-state index in [1.165, 1.54) is 12.1 Å². The smallest absolute Gasteiger partial charge is 0.316 e. The molecular formula is C19H18FN3O3. The highest BCUT2D eigenvalue weighted by molar-refractivity contribution is 5.67. The molecule has 0 saturated heterocycles. The van der Waals surface area contributed by atoms with Crippen molar-refractivity contribution in [3.05, 3.63) is 42.0 Å². The first-order valence-electron chi connectivity index (χ1n) is 8.45. The number of hydrogen-bond acceptors (Lipinski definition) is 5. The van der Waals surface area contributed by atoms with Crippen molar-refractivity contribution in [1.82, 2.24) is 9.97 Å². The van der Waals surface area contributed by atoms with Crippen molar-refractivity contribution in [2.45, 2.75) is 38.2 Å². The third-order valence-electron chi connectivity index (χ3n) is 4.58. The van der Waals surface area contributed by atoms with Gasteiger partial charge in [-0.05, 0) is 49.3 Å². The van der Waals surface area contributed by atoms with Crippen molar-refractivity contribution in [1.29, 1.82) is 5.26 Å². The van der Waals surface area contributed by atoms with Crippen LogP contribution in [0.3, 0.4) is 0 Å². The lowest BCUT2D eigenvalue weighted by molar-refractivity contribution is -0.138. The molecule has 6 nitrogen and oxygen atoms in total. The Labute approximate surface area is 150 Å². The van der Waals surface area contributed by atoms with Crippen molar-refractivity contribution in [2.24, 2.45) is 5.92 Å². The van der Waals surface area contributed by atoms with Crippen LogP contribution in [-0.4, -0.2) is 27.1 Å². The van der Waals surface area contributed by atoms with E-state index < -0.39 is 11.8 Å². The Morgan fingerprint density at radius 3 is 2.50 bits per heavy atom. The maximum atomic E-state index is 13.7. The molecule has 0 radical (unpaired) electrons. The number of rotatable bonds is 5. The van der Waals surface area contributed by atoms with Gasteiger partial charge in [0.1, 0.15) is 18.0 Å². The molecular weight excluding hydrogens is 337 g/mol. The summed E-state index contributed by atoms with van der Waals surface area (Å²) in [6.45, 7) is 0. The monoisotopic (exact) mass is 355 g/mol. The molecule has 1 aromatic heterocycles. The highest BCUT2D eigenvalue weighted by atomic mass is 19.1. The number of aliphatic carboxylic acids is 1. The van der Waals surface area contributed by atoms with Crippen LogP contribution in [0, 0.1) is 23.1 Å². The van der Waals surface area contributed by atoms with Crippen LogP contribution in [0.5, 0.6) is 6.01 Å². The van der Waals surface area contributed by atoms with Crippen molar-refractivity contribution in [3.63, 3.8) is 0 Å². The summed E-state index contributed by atoms with van der Waals surface area (Å²) in [5, 5.41) is 17.6. The quantitative estimate of drug-likeness (QED) is 0.881. The summed E-state index contributed by atoms with van der Waals surface area (Å²) in [4.78, 5) is 19.1. The van der Waals surface area contributed by atoms with Crippen molar-refractivity contribution >= 4 is 5.97 Å². The molecule has 1 aliphatic rings. The molecule has 3 rings (SSSR count). The normalized spacial score (nSPS) is 19.5. The Bertz CT molecular complexity index is 825. The number of halogens is 1. The van der Waals surface area contributed by atoms with E-state index in [2.05, 4.69) is 9.97 Å². The van der Waals surface area contributed by atoms with E-state index in [1.54, 1.807) is 24.5 Å². The average Bonchev–Trinajstić information content (AvgIpc) is 2.63. The van der Waals surface area contributed by atoms with Gasteiger partial charge < -0.3 is 9.84 Å². The number of carboxylic acid groups (broad SMARTS) is 1. The summed E-state index contributed by atoms with van der Waals surface area (Å²) in [5.41, 5.74) is 1.21. The summed E-state index contributed by atoms with van der Waals surface area (Å²) < 4.78 is 19.5. The maximum Gasteiger partial charge on any atom is 0.316 e. The summed E-state index contributed by atoms with van der Waals surface area (Å²) in [5.74, 6) is -1.13. The van der Waals surface area contributed by atoms with Gasteiger partial charge in [-0.1, -0.05) is 6.07 Å². The average molecular weight is 355 g/mol. The van der Waals surface area contributed by atoms with Crippen LogP contribution in [0.2, 0.25) is 0 Å². The summed E-state index contributed by atoms with van der Waals surface area (Å²) in [6.07, 6.45) is 6.50. The molecule has 1 saturated carbocycles. The zero-order chi connectivity index (χ0) is 18.5. The highest BCUT2D eigenvalue weighted by Gasteiger charge is 2.24. The van der Waals surface area contributed by atoms with Gasteiger partial charge in [-0.3, -0.25) is 4.79 Å². The van der Waals surface area contributed by atoms with Crippen LogP contribution in [0.1, 0.15) is 37.7 Å². The lowest BCUT2D eigenvalue weighted by Gasteiger charge is -2.27. The number of benzene rings is 1. The van der Waals surface area contributed by atoms with Gasteiger partial charge in [0.2, 0.25) is 0 Å². The predicted octanol–water partition coefficient (Wildman–Crippen LogP) is 3.57. The minimum Gasteiger partial charge on any atom is -0.481 e. The summed E-state index contributed by atoms with van der Waals surface area (Å²) in [7, 11) is 0. The van der Waals surface area contributed by atoms with Crippen LogP contribution in [0.15, 0.2) is 30.6 Å². The van der Waals surface area contributed by atoms with Gasteiger partial charge in [-0.2, -0.15) is 5.26 Å². The fourth-order valence-electron chi connectivity index (χ4n) is 3.16. The van der Waals surface area contributed by atoms with E-state index in [0.29, 0.717) is 11.1 Å². The predicted molar refractivity (Wildman–Crippen MR) is 90.8 cm³/mol. The maximum absolute atomic E-state index is 13.7. The fraction of sp³-hybridized carbons (Fsp3) is 0.368.